The Morgan fingerprint density at radius 2 is 1.54 bits per heavy atom. The van der Waals surface area contributed by atoms with Crippen molar-refractivity contribution in [2.45, 2.75) is 68.8 Å². The number of carbonyl (C=O) groups excluding carboxylic acids is 2. The quantitative estimate of drug-likeness (QED) is 0.413. The van der Waals surface area contributed by atoms with Gasteiger partial charge in [-0.05, 0) is 90.7 Å². The lowest BCUT2D eigenvalue weighted by Crippen LogP contribution is -2.80. The highest BCUT2D eigenvalue weighted by molar-refractivity contribution is 9.40. The molecule has 10 heteroatoms. The summed E-state index contributed by atoms with van der Waals surface area (Å²) in [6.45, 7) is 4.54. The molecule has 4 rings (SSSR count). The molecule has 4 aliphatic rings. The van der Waals surface area contributed by atoms with Gasteiger partial charge in [-0.3, -0.25) is 9.59 Å². The number of hydrogen-bond donors (Lipinski definition) is 2. The molecule has 0 aliphatic heterocycles. The molecule has 0 aromatic rings. The van der Waals surface area contributed by atoms with Crippen LogP contribution in [0.3, 0.4) is 0 Å². The van der Waals surface area contributed by atoms with Gasteiger partial charge in [-0.1, -0.05) is 53.0 Å². The highest BCUT2D eigenvalue weighted by Gasteiger charge is 2.71. The van der Waals surface area contributed by atoms with Crippen LogP contribution in [0.25, 0.3) is 0 Å². The summed E-state index contributed by atoms with van der Waals surface area (Å²) in [6.07, 6.45) is 4.54. The maximum atomic E-state index is 12.8. The van der Waals surface area contributed by atoms with Crippen molar-refractivity contribution >= 4 is 98.7 Å². The molecule has 0 radical (unpaired) electrons. The summed E-state index contributed by atoms with van der Waals surface area (Å²) in [5.41, 5.74) is -0.423. The average molecular weight is 663 g/mol. The fourth-order valence-electron chi connectivity index (χ4n) is 6.31. The Labute approximate surface area is 197 Å². The maximum absolute atomic E-state index is 12.8. The largest absolute Gasteiger partial charge is 0.347 e. The summed E-state index contributed by atoms with van der Waals surface area (Å²) < 4.78 is -1.38. The molecule has 0 heterocycles. The molecule has 4 nitrogen and oxygen atoms in total. The van der Waals surface area contributed by atoms with Crippen LogP contribution in [0.1, 0.15) is 46.0 Å². The summed E-state index contributed by atoms with van der Waals surface area (Å²) in [6, 6.07) is -0.303. The molecule has 0 aromatic heterocycles. The minimum Gasteiger partial charge on any atom is -0.347 e. The van der Waals surface area contributed by atoms with Crippen LogP contribution in [-0.4, -0.2) is 34.7 Å². The summed E-state index contributed by atoms with van der Waals surface area (Å²) in [5.74, 6) is -0.674. The first-order valence-electron chi connectivity index (χ1n) is 8.29. The molecule has 0 aromatic carbocycles. The number of halogens is 6. The van der Waals surface area contributed by atoms with E-state index in [1.54, 1.807) is 0 Å². The van der Waals surface area contributed by atoms with Crippen LogP contribution in [0.5, 0.6) is 0 Å². The molecule has 4 fully saturated rings. The zero-order chi connectivity index (χ0) is 19.8. The van der Waals surface area contributed by atoms with Crippen molar-refractivity contribution in [3.8, 4) is 0 Å². The molecular weight excluding hydrogens is 643 g/mol. The van der Waals surface area contributed by atoms with Crippen LogP contribution >= 0.6 is 86.9 Å². The number of amides is 2. The van der Waals surface area contributed by atoms with Crippen LogP contribution in [-0.2, 0) is 9.59 Å². The lowest BCUT2D eigenvalue weighted by Gasteiger charge is -2.71. The Morgan fingerprint density at radius 1 is 1.04 bits per heavy atom. The van der Waals surface area contributed by atoms with Crippen LogP contribution < -0.4 is 10.6 Å². The van der Waals surface area contributed by atoms with Gasteiger partial charge in [0.25, 0.3) is 11.8 Å². The molecular formula is C16H20Br4Cl2N2O2. The van der Waals surface area contributed by atoms with E-state index in [1.807, 2.05) is 0 Å². The van der Waals surface area contributed by atoms with Gasteiger partial charge in [0.05, 0.1) is 11.6 Å². The molecule has 2 amide bonds. The standard InChI is InChI=1S/C16H20Br4Cl2N2O2/c1-12-3-13(2)5-14(17,4-12)10(23-9(25)8(21)22)15(6-12,7-13)24-11(26)16(18,19)20/h8,10H,3-7H2,1-2H3,(H,23,25)(H,24,26). The zero-order valence-electron chi connectivity index (χ0n) is 14.3. The Hall–Kier alpha value is 1.44. The fraction of sp³-hybridized carbons (Fsp3) is 0.875. The van der Waals surface area contributed by atoms with Gasteiger partial charge >= 0.3 is 0 Å². The van der Waals surface area contributed by atoms with Gasteiger partial charge in [-0.2, -0.15) is 0 Å². The number of hydrogen-bond acceptors (Lipinski definition) is 2. The lowest BCUT2D eigenvalue weighted by atomic mass is 9.41. The first kappa shape index (κ1) is 22.1. The van der Waals surface area contributed by atoms with Crippen molar-refractivity contribution in [1.82, 2.24) is 10.6 Å². The minimum atomic E-state index is -1.15. The lowest BCUT2D eigenvalue weighted by molar-refractivity contribution is -0.146. The van der Waals surface area contributed by atoms with E-state index in [4.69, 9.17) is 23.2 Å². The summed E-state index contributed by atoms with van der Waals surface area (Å²) in [5, 5.41) is 6.25. The average Bonchev–Trinajstić information content (AvgIpc) is 2.37. The topological polar surface area (TPSA) is 58.2 Å². The van der Waals surface area contributed by atoms with Crippen molar-refractivity contribution in [3.63, 3.8) is 0 Å². The molecule has 26 heavy (non-hydrogen) atoms. The molecule has 0 saturated heterocycles. The number of alkyl halides is 6. The number of nitrogens with one attached hydrogen (secondary N) is 2. The van der Waals surface area contributed by atoms with Crippen LogP contribution in [0, 0.1) is 10.8 Å². The second kappa shape index (κ2) is 6.73. The van der Waals surface area contributed by atoms with Gasteiger partial charge in [0.15, 0.2) is 4.84 Å². The molecule has 2 N–H and O–H groups in total. The third-order valence-corrected chi connectivity index (χ3v) is 8.45. The van der Waals surface area contributed by atoms with Crippen molar-refractivity contribution in [1.29, 1.82) is 0 Å². The van der Waals surface area contributed by atoms with E-state index >= 15 is 0 Å². The minimum absolute atomic E-state index is 0.0815. The third kappa shape index (κ3) is 3.90. The van der Waals surface area contributed by atoms with E-state index in [9.17, 15) is 9.59 Å². The molecule has 148 valence electrons. The molecule has 0 spiro atoms. The first-order valence-corrected chi connectivity index (χ1v) is 12.3. The molecule has 3 unspecified atom stereocenters. The first-order chi connectivity index (χ1) is 11.6. The highest BCUT2D eigenvalue weighted by atomic mass is 80.0. The number of rotatable bonds is 3. The van der Waals surface area contributed by atoms with Crippen molar-refractivity contribution in [2.24, 2.45) is 10.8 Å². The maximum Gasteiger partial charge on any atom is 0.259 e. The van der Waals surface area contributed by atoms with Crippen molar-refractivity contribution in [2.75, 3.05) is 0 Å². The third-order valence-electron chi connectivity index (χ3n) is 5.95. The fourth-order valence-corrected chi connectivity index (χ4v) is 8.64. The smallest absolute Gasteiger partial charge is 0.259 e. The van der Waals surface area contributed by atoms with Crippen molar-refractivity contribution in [3.05, 3.63) is 0 Å². The van der Waals surface area contributed by atoms with Gasteiger partial charge < -0.3 is 10.6 Å². The summed E-state index contributed by atoms with van der Waals surface area (Å²) in [4.78, 5) is 24.0. The van der Waals surface area contributed by atoms with E-state index in [1.165, 1.54) is 0 Å². The van der Waals surface area contributed by atoms with E-state index in [2.05, 4.69) is 88.2 Å². The molecule has 4 bridgehead atoms. The Bertz CT molecular complexity index is 637. The SMILES string of the molecule is CC12CC3(C)CC(Br)(C1)C(NC(=O)C(Cl)Cl)C(NC(=O)C(Br)(Br)Br)(C2)C3. The molecule has 4 aliphatic carbocycles. The van der Waals surface area contributed by atoms with Crippen LogP contribution in [0.15, 0.2) is 0 Å². The van der Waals surface area contributed by atoms with Crippen LogP contribution in [0.2, 0.25) is 0 Å². The molecule has 4 saturated carbocycles. The van der Waals surface area contributed by atoms with E-state index in [-0.39, 0.29) is 27.1 Å². The number of carbonyl (C=O) groups is 2. The van der Waals surface area contributed by atoms with E-state index < -0.39 is 18.4 Å². The van der Waals surface area contributed by atoms with Gasteiger partial charge in [-0.25, -0.2) is 0 Å². The van der Waals surface area contributed by atoms with E-state index in [0.717, 1.165) is 32.1 Å². The highest BCUT2D eigenvalue weighted by Crippen LogP contribution is 2.70. The van der Waals surface area contributed by atoms with Crippen molar-refractivity contribution < 1.29 is 9.59 Å². The summed E-state index contributed by atoms with van der Waals surface area (Å²) >= 11 is 25.4. The van der Waals surface area contributed by atoms with Gasteiger partial charge in [0, 0.05) is 4.32 Å². The molecule has 3 atom stereocenters. The van der Waals surface area contributed by atoms with E-state index in [0.29, 0.717) is 0 Å². The van der Waals surface area contributed by atoms with Gasteiger partial charge in [0.2, 0.25) is 2.14 Å². The summed E-state index contributed by atoms with van der Waals surface area (Å²) in [7, 11) is 0. The Balaban J connectivity index is 2.03. The predicted octanol–water partition coefficient (Wildman–Crippen LogP) is 5.11. The Kier molecular flexibility index (Phi) is 5.73. The monoisotopic (exact) mass is 658 g/mol. The normalized spacial score (nSPS) is 44.3. The second-order valence-corrected chi connectivity index (χ2v) is 18.3. The predicted molar refractivity (Wildman–Crippen MR) is 119 cm³/mol. The van der Waals surface area contributed by atoms with Gasteiger partial charge in [0.1, 0.15) is 0 Å². The Morgan fingerprint density at radius 3 is 1.96 bits per heavy atom. The van der Waals surface area contributed by atoms with Gasteiger partial charge in [-0.15, -0.1) is 0 Å². The zero-order valence-corrected chi connectivity index (χ0v) is 22.1. The second-order valence-electron chi connectivity index (χ2n) is 8.89. The van der Waals surface area contributed by atoms with Crippen LogP contribution in [0.4, 0.5) is 0 Å².